The Labute approximate surface area is 171 Å². The highest BCUT2D eigenvalue weighted by Gasteiger charge is 2.12. The van der Waals surface area contributed by atoms with E-state index < -0.39 is 11.9 Å². The van der Waals surface area contributed by atoms with Gasteiger partial charge in [-0.3, -0.25) is 0 Å². The molecule has 0 aromatic heterocycles. The molecule has 0 heterocycles. The zero-order chi connectivity index (χ0) is 20.5. The van der Waals surface area contributed by atoms with Crippen molar-refractivity contribution in [2.45, 2.75) is 90.9 Å². The maximum atomic E-state index is 12.1. The molecule has 1 radical (unpaired) electrons. The van der Waals surface area contributed by atoms with Crippen LogP contribution in [0.2, 0.25) is 0 Å². The van der Waals surface area contributed by atoms with Gasteiger partial charge < -0.3 is 9.47 Å². The smallest absolute Gasteiger partial charge is 0.338 e. The molecule has 0 unspecified atom stereocenters. The largest absolute Gasteiger partial charge is 0.462 e. The Kier molecular flexibility index (Phi) is 14.0. The van der Waals surface area contributed by atoms with Crippen LogP contribution in [0.25, 0.3) is 0 Å². The second-order valence-electron chi connectivity index (χ2n) is 7.32. The fraction of sp³-hybridized carbons (Fsp3) is 0.667. The lowest BCUT2D eigenvalue weighted by atomic mass is 10.1. The molecule has 0 saturated heterocycles. The molecule has 0 aliphatic carbocycles. The monoisotopic (exact) mass is 389 g/mol. The SMILES string of the molecule is CCCCCCCCOC(=O)c1c[c]cc(C(=O)OCCCCCCCC)c1. The van der Waals surface area contributed by atoms with E-state index in [9.17, 15) is 9.59 Å². The van der Waals surface area contributed by atoms with Crippen LogP contribution in [0.5, 0.6) is 0 Å². The van der Waals surface area contributed by atoms with Crippen LogP contribution in [0, 0.1) is 6.07 Å². The summed E-state index contributed by atoms with van der Waals surface area (Å²) in [5, 5.41) is 0. The summed E-state index contributed by atoms with van der Waals surface area (Å²) in [7, 11) is 0. The highest BCUT2D eigenvalue weighted by molar-refractivity contribution is 5.95. The van der Waals surface area contributed by atoms with Crippen LogP contribution >= 0.6 is 0 Å². The molecule has 0 aliphatic heterocycles. The van der Waals surface area contributed by atoms with Crippen LogP contribution in [-0.4, -0.2) is 25.2 Å². The minimum Gasteiger partial charge on any atom is -0.462 e. The molecule has 1 rings (SSSR count). The number of esters is 2. The third-order valence-electron chi connectivity index (χ3n) is 4.72. The van der Waals surface area contributed by atoms with E-state index in [2.05, 4.69) is 19.9 Å². The number of hydrogen-bond acceptors (Lipinski definition) is 4. The van der Waals surface area contributed by atoms with Crippen molar-refractivity contribution in [3.63, 3.8) is 0 Å². The van der Waals surface area contributed by atoms with Crippen molar-refractivity contribution < 1.29 is 19.1 Å². The zero-order valence-electron chi connectivity index (χ0n) is 17.8. The summed E-state index contributed by atoms with van der Waals surface area (Å²) in [6.45, 7) is 5.21. The minimum atomic E-state index is -0.407. The van der Waals surface area contributed by atoms with E-state index in [1.165, 1.54) is 57.4 Å². The minimum absolute atomic E-state index is 0.347. The highest BCUT2D eigenvalue weighted by atomic mass is 16.5. The third-order valence-corrected chi connectivity index (χ3v) is 4.72. The van der Waals surface area contributed by atoms with Crippen molar-refractivity contribution in [2.75, 3.05) is 13.2 Å². The van der Waals surface area contributed by atoms with Gasteiger partial charge in [0, 0.05) is 0 Å². The summed E-state index contributed by atoms with van der Waals surface area (Å²) < 4.78 is 10.6. The Bertz CT molecular complexity index is 508. The molecule has 4 heteroatoms. The fourth-order valence-electron chi connectivity index (χ4n) is 2.97. The van der Waals surface area contributed by atoms with Gasteiger partial charge in [-0.25, -0.2) is 9.59 Å². The van der Waals surface area contributed by atoms with Crippen LogP contribution in [0.15, 0.2) is 18.2 Å². The molecule has 0 N–H and O–H groups in total. The van der Waals surface area contributed by atoms with Crippen LogP contribution in [0.3, 0.4) is 0 Å². The Balaban J connectivity index is 2.27. The molecule has 0 atom stereocenters. The molecule has 0 spiro atoms. The molecule has 0 fully saturated rings. The number of hydrogen-bond donors (Lipinski definition) is 0. The molecular formula is C24H37O4. The predicted octanol–water partition coefficient (Wildman–Crippen LogP) is 6.52. The lowest BCUT2D eigenvalue weighted by Gasteiger charge is -2.07. The van der Waals surface area contributed by atoms with Crippen molar-refractivity contribution >= 4 is 11.9 Å². The quantitative estimate of drug-likeness (QED) is 0.238. The van der Waals surface area contributed by atoms with Crippen molar-refractivity contribution in [2.24, 2.45) is 0 Å². The lowest BCUT2D eigenvalue weighted by Crippen LogP contribution is -2.10. The van der Waals surface area contributed by atoms with Crippen molar-refractivity contribution in [1.29, 1.82) is 0 Å². The summed E-state index contributed by atoms with van der Waals surface area (Å²) in [4.78, 5) is 24.3. The number of carbonyl (C=O) groups is 2. The van der Waals surface area contributed by atoms with Gasteiger partial charge >= 0.3 is 11.9 Å². The van der Waals surface area contributed by atoms with Gasteiger partial charge in [0.15, 0.2) is 0 Å². The molecule has 157 valence electrons. The van der Waals surface area contributed by atoms with Crippen molar-refractivity contribution in [3.8, 4) is 0 Å². The molecule has 0 saturated carbocycles. The van der Waals surface area contributed by atoms with E-state index in [0.717, 1.165) is 25.7 Å². The second-order valence-corrected chi connectivity index (χ2v) is 7.32. The van der Waals surface area contributed by atoms with Gasteiger partial charge in [0.05, 0.1) is 24.3 Å². The summed E-state index contributed by atoms with van der Waals surface area (Å²) in [5.74, 6) is -0.814. The van der Waals surface area contributed by atoms with E-state index in [0.29, 0.717) is 24.3 Å². The Morgan fingerprint density at radius 1 is 0.679 bits per heavy atom. The Morgan fingerprint density at radius 2 is 1.07 bits per heavy atom. The van der Waals surface area contributed by atoms with Crippen molar-refractivity contribution in [1.82, 2.24) is 0 Å². The van der Waals surface area contributed by atoms with Gasteiger partial charge in [-0.1, -0.05) is 78.1 Å². The molecule has 1 aromatic rings. The van der Waals surface area contributed by atoms with Crippen LogP contribution in [0.1, 0.15) is 112 Å². The van der Waals surface area contributed by atoms with Crippen LogP contribution in [0.4, 0.5) is 0 Å². The fourth-order valence-corrected chi connectivity index (χ4v) is 2.97. The Morgan fingerprint density at radius 3 is 1.50 bits per heavy atom. The number of rotatable bonds is 16. The second kappa shape index (κ2) is 16.1. The number of ether oxygens (including phenoxy) is 2. The Hall–Kier alpha value is -1.84. The maximum Gasteiger partial charge on any atom is 0.338 e. The summed E-state index contributed by atoms with van der Waals surface area (Å²) >= 11 is 0. The van der Waals surface area contributed by atoms with E-state index in [-0.39, 0.29) is 0 Å². The third kappa shape index (κ3) is 11.1. The zero-order valence-corrected chi connectivity index (χ0v) is 17.8. The number of benzene rings is 1. The van der Waals surface area contributed by atoms with Gasteiger partial charge in [-0.2, -0.15) is 0 Å². The van der Waals surface area contributed by atoms with Crippen LogP contribution in [-0.2, 0) is 9.47 Å². The first-order chi connectivity index (χ1) is 13.7. The molecule has 0 amide bonds. The maximum absolute atomic E-state index is 12.1. The normalized spacial score (nSPS) is 10.6. The first-order valence-electron chi connectivity index (χ1n) is 11.0. The number of carbonyl (C=O) groups excluding carboxylic acids is 2. The standard InChI is InChI=1S/C24H37O4/c1-3-5-7-9-11-13-18-27-23(25)21-16-15-17-22(20-21)24(26)28-19-14-12-10-8-6-4-2/h16-17,20H,3-14,18-19H2,1-2H3. The summed E-state index contributed by atoms with van der Waals surface area (Å²) in [5.41, 5.74) is 0.694. The average molecular weight is 390 g/mol. The lowest BCUT2D eigenvalue weighted by molar-refractivity contribution is 0.0496. The molecule has 1 aromatic carbocycles. The van der Waals surface area contributed by atoms with Gasteiger partial charge in [0.25, 0.3) is 0 Å². The molecule has 0 bridgehead atoms. The predicted molar refractivity (Wildman–Crippen MR) is 113 cm³/mol. The topological polar surface area (TPSA) is 52.6 Å². The number of unbranched alkanes of at least 4 members (excludes halogenated alkanes) is 10. The van der Waals surface area contributed by atoms with Crippen LogP contribution < -0.4 is 0 Å². The van der Waals surface area contributed by atoms with Gasteiger partial charge in [0.1, 0.15) is 0 Å². The van der Waals surface area contributed by atoms with E-state index in [4.69, 9.17) is 9.47 Å². The molecule has 0 aliphatic rings. The first-order valence-corrected chi connectivity index (χ1v) is 11.0. The first kappa shape index (κ1) is 24.2. The van der Waals surface area contributed by atoms with E-state index in [1.54, 1.807) is 12.1 Å². The molecule has 28 heavy (non-hydrogen) atoms. The summed E-state index contributed by atoms with van der Waals surface area (Å²) in [6.07, 6.45) is 13.7. The average Bonchev–Trinajstić information content (AvgIpc) is 2.72. The van der Waals surface area contributed by atoms with Gasteiger partial charge in [-0.15, -0.1) is 0 Å². The van der Waals surface area contributed by atoms with E-state index in [1.807, 2.05) is 0 Å². The van der Waals surface area contributed by atoms with Gasteiger partial charge in [0.2, 0.25) is 0 Å². The molecular weight excluding hydrogens is 352 g/mol. The van der Waals surface area contributed by atoms with Gasteiger partial charge in [-0.05, 0) is 37.1 Å². The molecule has 4 nitrogen and oxygen atoms in total. The van der Waals surface area contributed by atoms with Crippen molar-refractivity contribution in [3.05, 3.63) is 35.4 Å². The van der Waals surface area contributed by atoms with E-state index >= 15 is 0 Å². The highest BCUT2D eigenvalue weighted by Crippen LogP contribution is 2.11. The summed E-state index contributed by atoms with van der Waals surface area (Å²) in [6, 6.07) is 7.47.